The van der Waals surface area contributed by atoms with E-state index in [2.05, 4.69) is 31.4 Å². The summed E-state index contributed by atoms with van der Waals surface area (Å²) in [7, 11) is 0. The highest BCUT2D eigenvalue weighted by molar-refractivity contribution is 9.10. The third-order valence-electron chi connectivity index (χ3n) is 3.78. The molecule has 1 aromatic carbocycles. The molecule has 2 amide bonds. The maximum absolute atomic E-state index is 12.3. The molecule has 0 spiro atoms. The average Bonchev–Trinajstić information content (AvgIpc) is 2.97. The fraction of sp³-hybridized carbons (Fsp3) is 0.400. The Labute approximate surface area is 142 Å². The summed E-state index contributed by atoms with van der Waals surface area (Å²) in [4.78, 5) is 16.1. The van der Waals surface area contributed by atoms with Crippen LogP contribution in [0.1, 0.15) is 11.5 Å². The van der Waals surface area contributed by atoms with Crippen LogP contribution in [0.15, 0.2) is 27.1 Å². The molecule has 0 bridgehead atoms. The number of amides is 2. The van der Waals surface area contributed by atoms with Crippen molar-refractivity contribution in [3.8, 4) is 0 Å². The van der Waals surface area contributed by atoms with Gasteiger partial charge in [-0.25, -0.2) is 4.79 Å². The lowest BCUT2D eigenvalue weighted by molar-refractivity contribution is 0.207. The molecule has 1 aliphatic rings. The lowest BCUT2D eigenvalue weighted by atomic mass is 10.2. The molecule has 23 heavy (non-hydrogen) atoms. The van der Waals surface area contributed by atoms with Crippen LogP contribution in [-0.4, -0.2) is 47.3 Å². The molecule has 2 aromatic rings. The van der Waals surface area contributed by atoms with Crippen molar-refractivity contribution in [1.82, 2.24) is 15.1 Å². The van der Waals surface area contributed by atoms with Crippen molar-refractivity contribution in [2.24, 2.45) is 0 Å². The number of halogens is 1. The number of rotatable bonds is 2. The SMILES string of the molecule is Cc1nnc(N2CCN(C(=O)Nc3ccc(C)c(Br)c3)CC2)o1. The number of nitrogens with zero attached hydrogens (tertiary/aromatic N) is 4. The number of carbonyl (C=O) groups is 1. The Balaban J connectivity index is 1.56. The maximum Gasteiger partial charge on any atom is 0.321 e. The summed E-state index contributed by atoms with van der Waals surface area (Å²) < 4.78 is 6.40. The summed E-state index contributed by atoms with van der Waals surface area (Å²) in [6, 6.07) is 6.20. The Morgan fingerprint density at radius 1 is 1.22 bits per heavy atom. The fourth-order valence-electron chi connectivity index (χ4n) is 2.39. The van der Waals surface area contributed by atoms with E-state index in [1.807, 2.05) is 30.0 Å². The average molecular weight is 380 g/mol. The first-order valence-corrected chi connectivity index (χ1v) is 8.19. The van der Waals surface area contributed by atoms with E-state index in [1.54, 1.807) is 11.8 Å². The smallest absolute Gasteiger partial charge is 0.321 e. The van der Waals surface area contributed by atoms with Crippen LogP contribution in [0.25, 0.3) is 0 Å². The van der Waals surface area contributed by atoms with Crippen LogP contribution in [-0.2, 0) is 0 Å². The number of piperazine rings is 1. The second-order valence-corrected chi connectivity index (χ2v) is 6.33. The summed E-state index contributed by atoms with van der Waals surface area (Å²) in [6.45, 7) is 6.34. The number of hydrogen-bond acceptors (Lipinski definition) is 5. The van der Waals surface area contributed by atoms with Gasteiger partial charge in [0.15, 0.2) is 0 Å². The van der Waals surface area contributed by atoms with Gasteiger partial charge in [0.25, 0.3) is 0 Å². The Bertz CT molecular complexity index is 710. The molecule has 1 aromatic heterocycles. The van der Waals surface area contributed by atoms with Crippen LogP contribution in [0.3, 0.4) is 0 Å². The van der Waals surface area contributed by atoms with Gasteiger partial charge in [0, 0.05) is 43.3 Å². The van der Waals surface area contributed by atoms with E-state index in [4.69, 9.17) is 4.42 Å². The minimum atomic E-state index is -0.0953. The summed E-state index contributed by atoms with van der Waals surface area (Å²) in [6.07, 6.45) is 0. The molecule has 0 saturated carbocycles. The van der Waals surface area contributed by atoms with E-state index >= 15 is 0 Å². The number of anilines is 2. The van der Waals surface area contributed by atoms with Gasteiger partial charge >= 0.3 is 12.0 Å². The van der Waals surface area contributed by atoms with Crippen molar-refractivity contribution in [2.45, 2.75) is 13.8 Å². The number of nitrogens with one attached hydrogen (secondary N) is 1. The Hall–Kier alpha value is -2.09. The highest BCUT2D eigenvalue weighted by Crippen LogP contribution is 2.21. The first kappa shape index (κ1) is 15.8. The number of aryl methyl sites for hydroxylation is 2. The number of aromatic nitrogens is 2. The normalized spacial score (nSPS) is 14.9. The molecule has 2 heterocycles. The molecular formula is C15H18BrN5O2. The Kier molecular flexibility index (Phi) is 4.51. The third-order valence-corrected chi connectivity index (χ3v) is 4.63. The highest BCUT2D eigenvalue weighted by atomic mass is 79.9. The van der Waals surface area contributed by atoms with E-state index < -0.39 is 0 Å². The van der Waals surface area contributed by atoms with E-state index in [1.165, 1.54) is 0 Å². The first-order valence-electron chi connectivity index (χ1n) is 7.40. The molecule has 1 N–H and O–H groups in total. The maximum atomic E-state index is 12.3. The number of benzene rings is 1. The van der Waals surface area contributed by atoms with Crippen LogP contribution in [0.5, 0.6) is 0 Å². The van der Waals surface area contributed by atoms with Crippen molar-refractivity contribution in [2.75, 3.05) is 36.4 Å². The molecule has 3 rings (SSSR count). The van der Waals surface area contributed by atoms with E-state index in [0.717, 1.165) is 15.7 Å². The summed E-state index contributed by atoms with van der Waals surface area (Å²) >= 11 is 3.47. The number of carbonyl (C=O) groups excluding carboxylic acids is 1. The summed E-state index contributed by atoms with van der Waals surface area (Å²) in [5, 5.41) is 10.8. The molecule has 1 aliphatic heterocycles. The first-order chi connectivity index (χ1) is 11.0. The van der Waals surface area contributed by atoms with Crippen LogP contribution >= 0.6 is 15.9 Å². The summed E-state index contributed by atoms with van der Waals surface area (Å²) in [5.74, 6) is 0.546. The van der Waals surface area contributed by atoms with Gasteiger partial charge in [-0.2, -0.15) is 0 Å². The topological polar surface area (TPSA) is 74.5 Å². The largest absolute Gasteiger partial charge is 0.408 e. The molecular weight excluding hydrogens is 362 g/mol. The van der Waals surface area contributed by atoms with Crippen LogP contribution in [0.2, 0.25) is 0 Å². The van der Waals surface area contributed by atoms with Crippen molar-refractivity contribution >= 4 is 33.7 Å². The van der Waals surface area contributed by atoms with Crippen LogP contribution in [0.4, 0.5) is 16.5 Å². The molecule has 0 aliphatic carbocycles. The van der Waals surface area contributed by atoms with Gasteiger partial charge in [-0.1, -0.05) is 27.1 Å². The van der Waals surface area contributed by atoms with Crippen LogP contribution < -0.4 is 10.2 Å². The zero-order chi connectivity index (χ0) is 16.4. The molecule has 0 atom stereocenters. The van der Waals surface area contributed by atoms with Gasteiger partial charge in [-0.05, 0) is 24.6 Å². The second-order valence-electron chi connectivity index (χ2n) is 5.47. The third kappa shape index (κ3) is 3.64. The Morgan fingerprint density at radius 3 is 2.57 bits per heavy atom. The van der Waals surface area contributed by atoms with Gasteiger partial charge in [0.1, 0.15) is 0 Å². The van der Waals surface area contributed by atoms with Crippen LogP contribution in [0, 0.1) is 13.8 Å². The summed E-state index contributed by atoms with van der Waals surface area (Å²) in [5.41, 5.74) is 1.91. The quantitative estimate of drug-likeness (QED) is 0.867. The fourth-order valence-corrected chi connectivity index (χ4v) is 2.77. The Morgan fingerprint density at radius 2 is 1.96 bits per heavy atom. The lowest BCUT2D eigenvalue weighted by Gasteiger charge is -2.33. The number of urea groups is 1. The van der Waals surface area contributed by atoms with E-state index in [-0.39, 0.29) is 6.03 Å². The predicted octanol–water partition coefficient (Wildman–Crippen LogP) is 2.80. The van der Waals surface area contributed by atoms with E-state index in [0.29, 0.717) is 38.1 Å². The molecule has 1 saturated heterocycles. The van der Waals surface area contributed by atoms with Crippen molar-refractivity contribution in [3.63, 3.8) is 0 Å². The minimum absolute atomic E-state index is 0.0953. The molecule has 122 valence electrons. The predicted molar refractivity (Wildman–Crippen MR) is 90.7 cm³/mol. The van der Waals surface area contributed by atoms with Gasteiger partial charge in [-0.15, -0.1) is 5.10 Å². The molecule has 0 radical (unpaired) electrons. The van der Waals surface area contributed by atoms with E-state index in [9.17, 15) is 4.79 Å². The van der Waals surface area contributed by atoms with Gasteiger partial charge in [0.05, 0.1) is 0 Å². The molecule has 1 fully saturated rings. The standard InChI is InChI=1S/C15H18BrN5O2/c1-10-3-4-12(9-13(10)16)17-14(22)20-5-7-21(8-6-20)15-19-18-11(2)23-15/h3-4,9H,5-8H2,1-2H3,(H,17,22). The molecule has 0 unspecified atom stereocenters. The zero-order valence-corrected chi connectivity index (χ0v) is 14.6. The molecule has 7 nitrogen and oxygen atoms in total. The van der Waals surface area contributed by atoms with Gasteiger partial charge in [0.2, 0.25) is 5.89 Å². The van der Waals surface area contributed by atoms with Crippen molar-refractivity contribution < 1.29 is 9.21 Å². The van der Waals surface area contributed by atoms with Crippen molar-refractivity contribution in [1.29, 1.82) is 0 Å². The zero-order valence-electron chi connectivity index (χ0n) is 13.0. The second kappa shape index (κ2) is 6.57. The molecule has 8 heteroatoms. The monoisotopic (exact) mass is 379 g/mol. The van der Waals surface area contributed by atoms with Crippen molar-refractivity contribution in [3.05, 3.63) is 34.1 Å². The van der Waals surface area contributed by atoms with Gasteiger partial charge in [-0.3, -0.25) is 0 Å². The highest BCUT2D eigenvalue weighted by Gasteiger charge is 2.24. The lowest BCUT2D eigenvalue weighted by Crippen LogP contribution is -2.50. The number of hydrogen-bond donors (Lipinski definition) is 1. The van der Waals surface area contributed by atoms with Gasteiger partial charge < -0.3 is 19.5 Å². The minimum Gasteiger partial charge on any atom is -0.408 e.